The lowest BCUT2D eigenvalue weighted by atomic mass is 9.86. The number of rotatable bonds is 3. The zero-order valence-corrected chi connectivity index (χ0v) is 13.0. The summed E-state index contributed by atoms with van der Waals surface area (Å²) < 4.78 is 3.29. The Bertz CT molecular complexity index is 398. The predicted molar refractivity (Wildman–Crippen MR) is 84.4 cm³/mol. The van der Waals surface area contributed by atoms with E-state index in [0.717, 1.165) is 24.0 Å². The Morgan fingerprint density at radius 2 is 1.83 bits per heavy atom. The van der Waals surface area contributed by atoms with Crippen LogP contribution in [0.2, 0.25) is 0 Å². The minimum Gasteiger partial charge on any atom is -0.400 e. The molecule has 1 rings (SSSR count). The molecule has 0 fully saturated rings. The summed E-state index contributed by atoms with van der Waals surface area (Å²) in [5.74, 6) is 0. The van der Waals surface area contributed by atoms with Crippen molar-refractivity contribution in [3.63, 3.8) is 0 Å². The molecule has 18 heavy (non-hydrogen) atoms. The van der Waals surface area contributed by atoms with Gasteiger partial charge in [-0.25, -0.2) is 0 Å². The molecule has 1 aromatic carbocycles. The van der Waals surface area contributed by atoms with Gasteiger partial charge in [0, 0.05) is 19.1 Å². The van der Waals surface area contributed by atoms with Crippen LogP contribution in [0.5, 0.6) is 0 Å². The Labute approximate surface area is 115 Å². The van der Waals surface area contributed by atoms with E-state index in [2.05, 4.69) is 56.3 Å². The first-order chi connectivity index (χ1) is 8.40. The number of aliphatic hydroxyl groups is 1. The lowest BCUT2D eigenvalue weighted by Crippen LogP contribution is -2.11. The van der Waals surface area contributed by atoms with E-state index in [1.54, 1.807) is 11.9 Å². The van der Waals surface area contributed by atoms with Crippen LogP contribution in [-0.4, -0.2) is 25.2 Å². The summed E-state index contributed by atoms with van der Waals surface area (Å²) in [6.07, 6.45) is 2.02. The SMILES string of the molecule is C=Nc1cc(C(C)(C)C)cc(NSC)c1C.CO. The molecule has 0 bridgehead atoms. The first kappa shape index (κ1) is 17.0. The number of aliphatic imine (C=N–C) groups is 1. The number of anilines is 1. The average molecular weight is 268 g/mol. The van der Waals surface area contributed by atoms with E-state index < -0.39 is 0 Å². The maximum Gasteiger partial charge on any atom is 0.0675 e. The third-order valence-electron chi connectivity index (χ3n) is 2.63. The molecule has 0 aliphatic heterocycles. The number of aliphatic hydroxyl groups excluding tert-OH is 1. The van der Waals surface area contributed by atoms with E-state index in [-0.39, 0.29) is 5.41 Å². The molecule has 0 amide bonds. The fourth-order valence-corrected chi connectivity index (χ4v) is 1.94. The molecule has 0 atom stereocenters. The minimum atomic E-state index is 0.127. The van der Waals surface area contributed by atoms with E-state index in [1.165, 1.54) is 5.56 Å². The maximum atomic E-state index is 7.00. The highest BCUT2D eigenvalue weighted by molar-refractivity contribution is 7.99. The minimum absolute atomic E-state index is 0.127. The van der Waals surface area contributed by atoms with Crippen molar-refractivity contribution in [2.75, 3.05) is 18.1 Å². The van der Waals surface area contributed by atoms with Gasteiger partial charge in [0.2, 0.25) is 0 Å². The fourth-order valence-electron chi connectivity index (χ4n) is 1.51. The number of hydrogen-bond donors (Lipinski definition) is 2. The standard InChI is InChI=1S/C13H20N2S.CH4O/c1-9-11(14-5)7-10(13(2,3)4)8-12(9)15-16-6;1-2/h7-8,15H,5H2,1-4,6H3;2H,1H3. The first-order valence-corrected chi connectivity index (χ1v) is 6.98. The normalized spacial score (nSPS) is 10.4. The van der Waals surface area contributed by atoms with Crippen molar-refractivity contribution in [3.8, 4) is 0 Å². The first-order valence-electron chi connectivity index (χ1n) is 5.75. The summed E-state index contributed by atoms with van der Waals surface area (Å²) in [6.45, 7) is 12.3. The zero-order chi connectivity index (χ0) is 14.3. The van der Waals surface area contributed by atoms with Gasteiger partial charge in [-0.05, 0) is 42.3 Å². The molecule has 1 aromatic rings. The maximum absolute atomic E-state index is 7.00. The van der Waals surface area contributed by atoms with Gasteiger partial charge in [-0.2, -0.15) is 0 Å². The third kappa shape index (κ3) is 4.35. The van der Waals surface area contributed by atoms with E-state index in [0.29, 0.717) is 0 Å². The smallest absolute Gasteiger partial charge is 0.0675 e. The average Bonchev–Trinajstić information content (AvgIpc) is 2.33. The molecule has 0 aliphatic carbocycles. The van der Waals surface area contributed by atoms with Gasteiger partial charge in [0.05, 0.1) is 5.69 Å². The number of benzene rings is 1. The van der Waals surface area contributed by atoms with Gasteiger partial charge >= 0.3 is 0 Å². The van der Waals surface area contributed by atoms with Gasteiger partial charge in [-0.15, -0.1) is 0 Å². The second kappa shape index (κ2) is 7.44. The second-order valence-corrected chi connectivity index (χ2v) is 5.49. The van der Waals surface area contributed by atoms with Crippen LogP contribution in [0, 0.1) is 6.92 Å². The fraction of sp³-hybridized carbons (Fsp3) is 0.500. The van der Waals surface area contributed by atoms with Gasteiger partial charge in [0.15, 0.2) is 0 Å². The van der Waals surface area contributed by atoms with Crippen LogP contribution in [0.1, 0.15) is 31.9 Å². The largest absolute Gasteiger partial charge is 0.400 e. The summed E-state index contributed by atoms with van der Waals surface area (Å²) in [6, 6.07) is 4.31. The molecule has 102 valence electrons. The van der Waals surface area contributed by atoms with E-state index in [9.17, 15) is 0 Å². The third-order valence-corrected chi connectivity index (χ3v) is 3.05. The van der Waals surface area contributed by atoms with Gasteiger partial charge in [0.25, 0.3) is 0 Å². The number of nitrogens with one attached hydrogen (secondary N) is 1. The van der Waals surface area contributed by atoms with Crippen molar-refractivity contribution in [2.45, 2.75) is 33.1 Å². The van der Waals surface area contributed by atoms with Crippen molar-refractivity contribution >= 4 is 30.0 Å². The highest BCUT2D eigenvalue weighted by Gasteiger charge is 2.16. The number of nitrogens with zero attached hydrogens (tertiary/aromatic N) is 1. The monoisotopic (exact) mass is 268 g/mol. The molecular formula is C14H24N2OS. The Hall–Kier alpha value is -1.00. The van der Waals surface area contributed by atoms with Crippen molar-refractivity contribution in [3.05, 3.63) is 23.3 Å². The molecule has 2 N–H and O–H groups in total. The molecule has 0 radical (unpaired) electrons. The highest BCUT2D eigenvalue weighted by Crippen LogP contribution is 2.34. The van der Waals surface area contributed by atoms with E-state index in [4.69, 9.17) is 5.11 Å². The zero-order valence-electron chi connectivity index (χ0n) is 12.2. The van der Waals surface area contributed by atoms with Crippen LogP contribution in [0.25, 0.3) is 0 Å². The molecule has 0 saturated carbocycles. The Morgan fingerprint density at radius 1 is 1.28 bits per heavy atom. The lowest BCUT2D eigenvalue weighted by molar-refractivity contribution is 0.399. The molecule has 0 heterocycles. The summed E-state index contributed by atoms with van der Waals surface area (Å²) in [4.78, 5) is 4.09. The van der Waals surface area contributed by atoms with Gasteiger partial charge in [-0.3, -0.25) is 4.99 Å². The predicted octanol–water partition coefficient (Wildman–Crippen LogP) is 3.92. The molecule has 0 aromatic heterocycles. The second-order valence-electron chi connectivity index (χ2n) is 4.88. The molecule has 3 nitrogen and oxygen atoms in total. The van der Waals surface area contributed by atoms with Gasteiger partial charge in [0.1, 0.15) is 0 Å². The Morgan fingerprint density at radius 3 is 2.22 bits per heavy atom. The van der Waals surface area contributed by atoms with Crippen molar-refractivity contribution in [2.24, 2.45) is 4.99 Å². The summed E-state index contributed by atoms with van der Waals surface area (Å²) in [5, 5.41) is 7.00. The van der Waals surface area contributed by atoms with Crippen LogP contribution in [-0.2, 0) is 5.41 Å². The van der Waals surface area contributed by atoms with Crippen LogP contribution in [0.4, 0.5) is 11.4 Å². The molecule has 0 saturated heterocycles. The van der Waals surface area contributed by atoms with E-state index in [1.807, 2.05) is 6.26 Å². The quantitative estimate of drug-likeness (QED) is 0.645. The molecule has 0 aliphatic rings. The summed E-state index contributed by atoms with van der Waals surface area (Å²) in [7, 11) is 1.00. The van der Waals surface area contributed by atoms with Crippen molar-refractivity contribution in [1.29, 1.82) is 0 Å². The lowest BCUT2D eigenvalue weighted by Gasteiger charge is -2.22. The van der Waals surface area contributed by atoms with Crippen LogP contribution in [0.3, 0.4) is 0 Å². The summed E-state index contributed by atoms with van der Waals surface area (Å²) >= 11 is 1.60. The Balaban J connectivity index is 0.00000137. The van der Waals surface area contributed by atoms with Crippen molar-refractivity contribution < 1.29 is 5.11 Å². The highest BCUT2D eigenvalue weighted by atomic mass is 32.2. The van der Waals surface area contributed by atoms with Crippen LogP contribution < -0.4 is 4.72 Å². The van der Waals surface area contributed by atoms with Crippen LogP contribution >= 0.6 is 11.9 Å². The van der Waals surface area contributed by atoms with Gasteiger partial charge in [-0.1, -0.05) is 32.7 Å². The molecule has 4 heteroatoms. The topological polar surface area (TPSA) is 44.6 Å². The van der Waals surface area contributed by atoms with Crippen molar-refractivity contribution in [1.82, 2.24) is 0 Å². The molecule has 0 spiro atoms. The molecule has 0 unspecified atom stereocenters. The summed E-state index contributed by atoms with van der Waals surface area (Å²) in [5.41, 5.74) is 4.64. The number of hydrogen-bond acceptors (Lipinski definition) is 4. The molecular weight excluding hydrogens is 244 g/mol. The van der Waals surface area contributed by atoms with Crippen LogP contribution in [0.15, 0.2) is 17.1 Å². The van der Waals surface area contributed by atoms with Gasteiger partial charge < -0.3 is 9.83 Å². The Kier molecular flexibility index (Phi) is 7.02. The van der Waals surface area contributed by atoms with E-state index >= 15 is 0 Å².